The van der Waals surface area contributed by atoms with Crippen molar-refractivity contribution in [3.63, 3.8) is 0 Å². The number of hydrogen-bond donors (Lipinski definition) is 2. The van der Waals surface area contributed by atoms with E-state index in [0.717, 1.165) is 15.6 Å². The molecule has 0 aliphatic carbocycles. The Morgan fingerprint density at radius 1 is 1.30 bits per heavy atom. The number of benzene rings is 1. The van der Waals surface area contributed by atoms with Crippen LogP contribution in [0.25, 0.3) is 0 Å². The number of aromatic carboxylic acids is 1. The molecule has 0 aliphatic rings. The van der Waals surface area contributed by atoms with Crippen LogP contribution in [0.1, 0.15) is 21.5 Å². The van der Waals surface area contributed by atoms with Crippen LogP contribution in [0.3, 0.4) is 0 Å². The molecular formula is C14H13BrN2O3. The van der Waals surface area contributed by atoms with Crippen molar-refractivity contribution in [2.45, 2.75) is 13.8 Å². The average Bonchev–Trinajstić information content (AvgIpc) is 2.37. The first-order valence-electron chi connectivity index (χ1n) is 5.82. The summed E-state index contributed by atoms with van der Waals surface area (Å²) in [6.45, 7) is 3.86. The smallest absolute Gasteiger partial charge is 0.341 e. The van der Waals surface area contributed by atoms with Crippen molar-refractivity contribution in [3.05, 3.63) is 45.6 Å². The van der Waals surface area contributed by atoms with Crippen LogP contribution in [0.2, 0.25) is 0 Å². The van der Waals surface area contributed by atoms with E-state index < -0.39 is 5.97 Å². The molecule has 0 amide bonds. The molecule has 0 spiro atoms. The summed E-state index contributed by atoms with van der Waals surface area (Å²) in [4.78, 5) is 15.1. The van der Waals surface area contributed by atoms with Crippen LogP contribution < -0.4 is 10.5 Å². The van der Waals surface area contributed by atoms with Gasteiger partial charge in [-0.2, -0.15) is 0 Å². The maximum absolute atomic E-state index is 11.2. The molecule has 2 rings (SSSR count). The minimum Gasteiger partial charge on any atom is -0.477 e. The van der Waals surface area contributed by atoms with E-state index in [1.165, 1.54) is 12.3 Å². The predicted octanol–water partition coefficient (Wildman–Crippen LogP) is 3.53. The van der Waals surface area contributed by atoms with Gasteiger partial charge in [0.2, 0.25) is 5.88 Å². The topological polar surface area (TPSA) is 85.4 Å². The molecule has 20 heavy (non-hydrogen) atoms. The summed E-state index contributed by atoms with van der Waals surface area (Å²) in [5.74, 6) is -0.582. The van der Waals surface area contributed by atoms with Gasteiger partial charge in [0.1, 0.15) is 11.3 Å². The van der Waals surface area contributed by atoms with Gasteiger partial charge in [0.05, 0.1) is 11.9 Å². The third-order valence-electron chi connectivity index (χ3n) is 2.73. The lowest BCUT2D eigenvalue weighted by Gasteiger charge is -2.11. The number of hydrogen-bond acceptors (Lipinski definition) is 4. The molecule has 0 fully saturated rings. The summed E-state index contributed by atoms with van der Waals surface area (Å²) in [5.41, 5.74) is 7.73. The molecular weight excluding hydrogens is 324 g/mol. The van der Waals surface area contributed by atoms with Gasteiger partial charge >= 0.3 is 5.97 Å². The van der Waals surface area contributed by atoms with E-state index in [4.69, 9.17) is 15.6 Å². The number of pyridine rings is 1. The highest BCUT2D eigenvalue weighted by Gasteiger charge is 2.15. The van der Waals surface area contributed by atoms with Crippen molar-refractivity contribution < 1.29 is 14.6 Å². The number of nitrogens with two attached hydrogens (primary N) is 1. The molecule has 3 N–H and O–H groups in total. The summed E-state index contributed by atoms with van der Waals surface area (Å²) in [5, 5.41) is 9.14. The zero-order chi connectivity index (χ0) is 14.9. The van der Waals surface area contributed by atoms with E-state index >= 15 is 0 Å². The Balaban J connectivity index is 2.42. The minimum absolute atomic E-state index is 0.0211. The van der Waals surface area contributed by atoms with Gasteiger partial charge in [-0.25, -0.2) is 9.78 Å². The number of carbonyl (C=O) groups is 1. The van der Waals surface area contributed by atoms with E-state index in [-0.39, 0.29) is 17.1 Å². The van der Waals surface area contributed by atoms with Crippen LogP contribution in [-0.4, -0.2) is 16.1 Å². The van der Waals surface area contributed by atoms with Gasteiger partial charge in [0.25, 0.3) is 0 Å². The molecule has 0 radical (unpaired) electrons. The molecule has 5 nitrogen and oxygen atoms in total. The Bertz CT molecular complexity index is 663. The Hall–Kier alpha value is -2.08. The SMILES string of the molecule is Cc1cc(Oc2ncc(N)cc2C(=O)O)cc(C)c1Br. The van der Waals surface area contributed by atoms with Crippen molar-refractivity contribution in [2.75, 3.05) is 5.73 Å². The standard InChI is InChI=1S/C14H13BrN2O3/c1-7-3-10(4-8(2)12(7)15)20-13-11(14(18)19)5-9(16)6-17-13/h3-6H,16H2,1-2H3,(H,18,19). The maximum atomic E-state index is 11.2. The largest absolute Gasteiger partial charge is 0.477 e. The van der Waals surface area contributed by atoms with E-state index in [2.05, 4.69) is 20.9 Å². The van der Waals surface area contributed by atoms with Crippen LogP contribution in [0.15, 0.2) is 28.9 Å². The Morgan fingerprint density at radius 3 is 2.45 bits per heavy atom. The second-order valence-corrected chi connectivity index (χ2v) is 5.19. The van der Waals surface area contributed by atoms with E-state index in [9.17, 15) is 4.79 Å². The van der Waals surface area contributed by atoms with E-state index in [1.54, 1.807) is 12.1 Å². The van der Waals surface area contributed by atoms with Crippen LogP contribution in [0, 0.1) is 13.8 Å². The lowest BCUT2D eigenvalue weighted by Crippen LogP contribution is -2.03. The summed E-state index contributed by atoms with van der Waals surface area (Å²) < 4.78 is 6.57. The number of carboxylic acids is 1. The van der Waals surface area contributed by atoms with Gasteiger partial charge in [-0.1, -0.05) is 15.9 Å². The van der Waals surface area contributed by atoms with Gasteiger partial charge < -0.3 is 15.6 Å². The van der Waals surface area contributed by atoms with Gasteiger partial charge in [-0.05, 0) is 43.2 Å². The molecule has 1 aromatic carbocycles. The van der Waals surface area contributed by atoms with E-state index in [0.29, 0.717) is 5.75 Å². The fraction of sp³-hybridized carbons (Fsp3) is 0.143. The first-order chi connectivity index (χ1) is 9.38. The maximum Gasteiger partial charge on any atom is 0.341 e. The Kier molecular flexibility index (Phi) is 3.94. The second-order valence-electron chi connectivity index (χ2n) is 4.40. The first kappa shape index (κ1) is 14.3. The molecule has 0 saturated heterocycles. The molecule has 104 valence electrons. The van der Waals surface area contributed by atoms with Crippen LogP contribution in [0.4, 0.5) is 5.69 Å². The van der Waals surface area contributed by atoms with Gasteiger partial charge in [0, 0.05) is 4.47 Å². The number of halogens is 1. The Labute approximate surface area is 124 Å². The highest BCUT2D eigenvalue weighted by atomic mass is 79.9. The quantitative estimate of drug-likeness (QED) is 0.895. The number of nitrogens with zero attached hydrogens (tertiary/aromatic N) is 1. The number of anilines is 1. The molecule has 2 aromatic rings. The molecule has 0 saturated carbocycles. The summed E-state index contributed by atoms with van der Waals surface area (Å²) in [6.07, 6.45) is 1.36. The van der Waals surface area contributed by atoms with Gasteiger partial charge in [-0.15, -0.1) is 0 Å². The normalized spacial score (nSPS) is 10.3. The number of rotatable bonds is 3. The summed E-state index contributed by atoms with van der Waals surface area (Å²) in [7, 11) is 0. The van der Waals surface area contributed by atoms with Crippen molar-refractivity contribution in [3.8, 4) is 11.6 Å². The second kappa shape index (κ2) is 5.50. The van der Waals surface area contributed by atoms with Crippen LogP contribution >= 0.6 is 15.9 Å². The van der Waals surface area contributed by atoms with Crippen molar-refractivity contribution >= 4 is 27.6 Å². The summed E-state index contributed by atoms with van der Waals surface area (Å²) in [6, 6.07) is 4.94. The zero-order valence-electron chi connectivity index (χ0n) is 11.0. The predicted molar refractivity (Wildman–Crippen MR) is 79.3 cm³/mol. The highest BCUT2D eigenvalue weighted by molar-refractivity contribution is 9.10. The van der Waals surface area contributed by atoms with E-state index in [1.807, 2.05) is 13.8 Å². The number of carboxylic acid groups (broad SMARTS) is 1. The van der Waals surface area contributed by atoms with Crippen molar-refractivity contribution in [1.82, 2.24) is 4.98 Å². The number of aryl methyl sites for hydroxylation is 2. The molecule has 0 atom stereocenters. The highest BCUT2D eigenvalue weighted by Crippen LogP contribution is 2.30. The number of aromatic nitrogens is 1. The number of ether oxygens (including phenoxy) is 1. The average molecular weight is 337 g/mol. The Morgan fingerprint density at radius 2 is 1.90 bits per heavy atom. The first-order valence-corrected chi connectivity index (χ1v) is 6.61. The minimum atomic E-state index is -1.13. The monoisotopic (exact) mass is 336 g/mol. The molecule has 1 heterocycles. The number of nitrogen functional groups attached to an aromatic ring is 1. The van der Waals surface area contributed by atoms with Crippen LogP contribution in [0.5, 0.6) is 11.6 Å². The van der Waals surface area contributed by atoms with Crippen molar-refractivity contribution in [1.29, 1.82) is 0 Å². The third-order valence-corrected chi connectivity index (χ3v) is 3.98. The van der Waals surface area contributed by atoms with Crippen LogP contribution in [-0.2, 0) is 0 Å². The van der Waals surface area contributed by atoms with Gasteiger partial charge in [0.15, 0.2) is 0 Å². The lowest BCUT2D eigenvalue weighted by atomic mass is 10.1. The third kappa shape index (κ3) is 2.91. The summed E-state index contributed by atoms with van der Waals surface area (Å²) >= 11 is 3.46. The van der Waals surface area contributed by atoms with Crippen molar-refractivity contribution in [2.24, 2.45) is 0 Å². The molecule has 0 aliphatic heterocycles. The molecule has 0 unspecified atom stereocenters. The lowest BCUT2D eigenvalue weighted by molar-refractivity contribution is 0.0693. The molecule has 1 aromatic heterocycles. The van der Waals surface area contributed by atoms with Gasteiger partial charge in [-0.3, -0.25) is 0 Å². The fourth-order valence-electron chi connectivity index (χ4n) is 1.78. The molecule has 6 heteroatoms. The zero-order valence-corrected chi connectivity index (χ0v) is 12.6. The fourth-order valence-corrected chi connectivity index (χ4v) is 2.01. The molecule has 0 bridgehead atoms.